The predicted molar refractivity (Wildman–Crippen MR) is 83.5 cm³/mol. The van der Waals surface area contributed by atoms with Gasteiger partial charge in [0.1, 0.15) is 5.82 Å². The zero-order valence-corrected chi connectivity index (χ0v) is 12.4. The zero-order chi connectivity index (χ0) is 13.9. The summed E-state index contributed by atoms with van der Waals surface area (Å²) in [5.74, 6) is 1.37. The van der Waals surface area contributed by atoms with Gasteiger partial charge in [0, 0.05) is 15.9 Å². The number of hydrogen-bond acceptors (Lipinski definition) is 4. The third-order valence-electron chi connectivity index (χ3n) is 2.87. The van der Waals surface area contributed by atoms with Gasteiger partial charge in [-0.05, 0) is 36.4 Å². The van der Waals surface area contributed by atoms with Crippen molar-refractivity contribution >= 4 is 38.3 Å². The van der Waals surface area contributed by atoms with E-state index in [0.717, 1.165) is 26.9 Å². The number of methoxy groups -OCH3 is 1. The highest BCUT2D eigenvalue weighted by molar-refractivity contribution is 9.10. The number of nitrogens with zero attached hydrogens (tertiary/aromatic N) is 2. The summed E-state index contributed by atoms with van der Waals surface area (Å²) in [5.41, 5.74) is 1.81. The molecule has 0 bridgehead atoms. The average molecular weight is 330 g/mol. The minimum Gasteiger partial charge on any atom is -0.481 e. The number of anilines is 2. The molecule has 0 spiro atoms. The van der Waals surface area contributed by atoms with Crippen molar-refractivity contribution < 1.29 is 4.74 Å². The molecule has 20 heavy (non-hydrogen) atoms. The smallest absolute Gasteiger partial charge is 0.213 e. The van der Waals surface area contributed by atoms with Gasteiger partial charge in [0.15, 0.2) is 0 Å². The number of pyridine rings is 2. The Kier molecular flexibility index (Phi) is 3.52. The van der Waals surface area contributed by atoms with Crippen molar-refractivity contribution in [1.82, 2.24) is 9.97 Å². The molecule has 2 heterocycles. The molecule has 0 atom stereocenters. The molecule has 0 saturated heterocycles. The molecule has 0 radical (unpaired) electrons. The molecule has 3 aromatic rings. The lowest BCUT2D eigenvalue weighted by Gasteiger charge is -2.07. The third-order valence-corrected chi connectivity index (χ3v) is 3.36. The summed E-state index contributed by atoms with van der Waals surface area (Å²) in [7, 11) is 1.60. The first-order valence-corrected chi connectivity index (χ1v) is 6.87. The first kappa shape index (κ1) is 12.9. The van der Waals surface area contributed by atoms with Gasteiger partial charge in [0.2, 0.25) is 5.88 Å². The molecule has 5 heteroatoms. The van der Waals surface area contributed by atoms with Crippen molar-refractivity contribution in [2.24, 2.45) is 0 Å². The second-order valence-corrected chi connectivity index (χ2v) is 5.16. The van der Waals surface area contributed by atoms with Crippen molar-refractivity contribution in [2.75, 3.05) is 12.4 Å². The number of nitrogens with one attached hydrogen (secondary N) is 1. The largest absolute Gasteiger partial charge is 0.481 e. The molecule has 100 valence electrons. The molecule has 0 aliphatic carbocycles. The van der Waals surface area contributed by atoms with E-state index in [1.54, 1.807) is 19.4 Å². The average Bonchev–Trinajstić information content (AvgIpc) is 2.48. The van der Waals surface area contributed by atoms with Crippen LogP contribution in [0.15, 0.2) is 53.1 Å². The van der Waals surface area contributed by atoms with E-state index < -0.39 is 0 Å². The lowest BCUT2D eigenvalue weighted by Crippen LogP contribution is -1.95. The van der Waals surface area contributed by atoms with E-state index in [9.17, 15) is 0 Å². The Balaban J connectivity index is 1.88. The van der Waals surface area contributed by atoms with Gasteiger partial charge in [0.05, 0.1) is 24.5 Å². The maximum atomic E-state index is 5.03. The Morgan fingerprint density at radius 1 is 1.10 bits per heavy atom. The lowest BCUT2D eigenvalue weighted by atomic mass is 10.2. The summed E-state index contributed by atoms with van der Waals surface area (Å²) in [6, 6.07) is 13.7. The molecule has 0 aliphatic heterocycles. The fourth-order valence-electron chi connectivity index (χ4n) is 1.89. The topological polar surface area (TPSA) is 47.0 Å². The number of hydrogen-bond donors (Lipinski definition) is 1. The molecule has 0 amide bonds. The van der Waals surface area contributed by atoms with E-state index in [-0.39, 0.29) is 0 Å². The van der Waals surface area contributed by atoms with Crippen LogP contribution in [0.5, 0.6) is 5.88 Å². The molecule has 0 aliphatic rings. The summed E-state index contributed by atoms with van der Waals surface area (Å²) < 4.78 is 6.08. The van der Waals surface area contributed by atoms with Crippen LogP contribution in [0.1, 0.15) is 0 Å². The third kappa shape index (κ3) is 2.72. The monoisotopic (exact) mass is 329 g/mol. The van der Waals surface area contributed by atoms with Gasteiger partial charge < -0.3 is 10.1 Å². The molecule has 4 nitrogen and oxygen atoms in total. The molecule has 3 rings (SSSR count). The van der Waals surface area contributed by atoms with Gasteiger partial charge in [-0.1, -0.05) is 15.9 Å². The summed E-state index contributed by atoms with van der Waals surface area (Å²) in [6.45, 7) is 0. The van der Waals surface area contributed by atoms with E-state index in [0.29, 0.717) is 5.88 Å². The molecule has 1 aromatic carbocycles. The SMILES string of the molecule is COc1ccc(Nc2ccc3cc(Br)ccc3n2)cn1. The second kappa shape index (κ2) is 5.46. The van der Waals surface area contributed by atoms with Crippen molar-refractivity contribution in [1.29, 1.82) is 0 Å². The first-order valence-electron chi connectivity index (χ1n) is 6.08. The van der Waals surface area contributed by atoms with Crippen LogP contribution in [0.4, 0.5) is 11.5 Å². The fourth-order valence-corrected chi connectivity index (χ4v) is 2.27. The van der Waals surface area contributed by atoms with E-state index in [1.807, 2.05) is 36.4 Å². The van der Waals surface area contributed by atoms with E-state index in [2.05, 4.69) is 31.2 Å². The van der Waals surface area contributed by atoms with Gasteiger partial charge in [-0.25, -0.2) is 9.97 Å². The van der Waals surface area contributed by atoms with Gasteiger partial charge in [0.25, 0.3) is 0 Å². The molecule has 0 saturated carbocycles. The zero-order valence-electron chi connectivity index (χ0n) is 10.8. The number of aromatic nitrogens is 2. The number of fused-ring (bicyclic) bond motifs is 1. The Morgan fingerprint density at radius 3 is 2.75 bits per heavy atom. The van der Waals surface area contributed by atoms with Crippen LogP contribution in [0.25, 0.3) is 10.9 Å². The lowest BCUT2D eigenvalue weighted by molar-refractivity contribution is 0.398. The quantitative estimate of drug-likeness (QED) is 0.784. The Labute approximate surface area is 125 Å². The predicted octanol–water partition coefficient (Wildman–Crippen LogP) is 4.14. The molecule has 0 fully saturated rings. The Morgan fingerprint density at radius 2 is 2.00 bits per heavy atom. The van der Waals surface area contributed by atoms with Crippen molar-refractivity contribution in [2.45, 2.75) is 0 Å². The standard InChI is InChI=1S/C15H12BrN3O/c1-20-15-7-4-12(9-17-15)18-14-6-2-10-8-11(16)3-5-13(10)19-14/h2-9H,1H3,(H,18,19). The number of ether oxygens (including phenoxy) is 1. The van der Waals surface area contributed by atoms with Crippen LogP contribution in [-0.2, 0) is 0 Å². The second-order valence-electron chi connectivity index (χ2n) is 4.25. The summed E-state index contributed by atoms with van der Waals surface area (Å²) in [6.07, 6.45) is 1.71. The van der Waals surface area contributed by atoms with Crippen LogP contribution >= 0.6 is 15.9 Å². The van der Waals surface area contributed by atoms with E-state index in [4.69, 9.17) is 4.74 Å². The Hall–Kier alpha value is -2.14. The van der Waals surface area contributed by atoms with E-state index in [1.165, 1.54) is 0 Å². The highest BCUT2D eigenvalue weighted by atomic mass is 79.9. The summed E-state index contributed by atoms with van der Waals surface area (Å²) >= 11 is 3.45. The number of rotatable bonds is 3. The fraction of sp³-hybridized carbons (Fsp3) is 0.0667. The van der Waals surface area contributed by atoms with Crippen molar-refractivity contribution in [3.63, 3.8) is 0 Å². The Bertz CT molecular complexity index is 744. The van der Waals surface area contributed by atoms with Gasteiger partial charge in [-0.15, -0.1) is 0 Å². The molecular weight excluding hydrogens is 318 g/mol. The molecule has 0 unspecified atom stereocenters. The first-order chi connectivity index (χ1) is 9.74. The van der Waals surface area contributed by atoms with Crippen molar-refractivity contribution in [3.8, 4) is 5.88 Å². The molecule has 2 aromatic heterocycles. The minimum atomic E-state index is 0.590. The highest BCUT2D eigenvalue weighted by Gasteiger charge is 2.01. The normalized spacial score (nSPS) is 10.5. The highest BCUT2D eigenvalue weighted by Crippen LogP contribution is 2.22. The van der Waals surface area contributed by atoms with Crippen LogP contribution in [0, 0.1) is 0 Å². The van der Waals surface area contributed by atoms with Crippen molar-refractivity contribution in [3.05, 3.63) is 53.1 Å². The minimum absolute atomic E-state index is 0.590. The molecular formula is C15H12BrN3O. The summed E-state index contributed by atoms with van der Waals surface area (Å²) in [5, 5.41) is 4.32. The van der Waals surface area contributed by atoms with Crippen LogP contribution < -0.4 is 10.1 Å². The maximum Gasteiger partial charge on any atom is 0.213 e. The van der Waals surface area contributed by atoms with Crippen LogP contribution in [0.2, 0.25) is 0 Å². The number of benzene rings is 1. The van der Waals surface area contributed by atoms with Gasteiger partial charge >= 0.3 is 0 Å². The van der Waals surface area contributed by atoms with Gasteiger partial charge in [-0.2, -0.15) is 0 Å². The summed E-state index contributed by atoms with van der Waals surface area (Å²) in [4.78, 5) is 8.71. The van der Waals surface area contributed by atoms with Crippen LogP contribution in [0.3, 0.4) is 0 Å². The number of halogens is 1. The van der Waals surface area contributed by atoms with E-state index >= 15 is 0 Å². The van der Waals surface area contributed by atoms with Crippen LogP contribution in [-0.4, -0.2) is 17.1 Å². The van der Waals surface area contributed by atoms with Gasteiger partial charge in [-0.3, -0.25) is 0 Å². The molecule has 1 N–H and O–H groups in total. The maximum absolute atomic E-state index is 5.03.